The smallest absolute Gasteiger partial charge is 0.282 e. The van der Waals surface area contributed by atoms with Gasteiger partial charge in [-0.2, -0.15) is 5.10 Å². The molecule has 0 fully saturated rings. The van der Waals surface area contributed by atoms with Gasteiger partial charge in [0, 0.05) is 13.6 Å². The molecule has 0 spiro atoms. The van der Waals surface area contributed by atoms with Gasteiger partial charge in [-0.1, -0.05) is 26.7 Å². The Labute approximate surface area is 115 Å². The van der Waals surface area contributed by atoms with Crippen molar-refractivity contribution in [3.05, 3.63) is 21.0 Å². The number of aliphatic hydroxyl groups excluding tert-OH is 1. The van der Waals surface area contributed by atoms with E-state index in [0.29, 0.717) is 16.7 Å². The molecule has 0 saturated heterocycles. The Balaban J connectivity index is 2.70. The van der Waals surface area contributed by atoms with Crippen molar-refractivity contribution in [2.45, 2.75) is 32.8 Å². The second kappa shape index (κ2) is 6.89. The van der Waals surface area contributed by atoms with E-state index < -0.39 is 6.10 Å². The van der Waals surface area contributed by atoms with E-state index in [9.17, 15) is 9.90 Å². The van der Waals surface area contributed by atoms with Gasteiger partial charge in [0.1, 0.15) is 4.47 Å². The molecule has 6 heteroatoms. The van der Waals surface area contributed by atoms with Gasteiger partial charge in [0.25, 0.3) is 5.56 Å². The summed E-state index contributed by atoms with van der Waals surface area (Å²) in [7, 11) is 1.59. The summed E-state index contributed by atoms with van der Waals surface area (Å²) in [6.45, 7) is 4.54. The molecule has 1 rings (SSSR count). The molecule has 0 aromatic carbocycles. The number of rotatable bonds is 6. The second-order valence-corrected chi connectivity index (χ2v) is 5.12. The molecule has 5 nitrogen and oxygen atoms in total. The Kier molecular flexibility index (Phi) is 5.81. The van der Waals surface area contributed by atoms with Crippen LogP contribution >= 0.6 is 15.9 Å². The number of hydrogen-bond acceptors (Lipinski definition) is 4. The quantitative estimate of drug-likeness (QED) is 0.839. The van der Waals surface area contributed by atoms with Crippen LogP contribution in [0.1, 0.15) is 26.7 Å². The minimum atomic E-state index is -0.420. The molecule has 0 radical (unpaired) electrons. The number of aliphatic hydroxyl groups is 1. The van der Waals surface area contributed by atoms with Crippen LogP contribution in [-0.4, -0.2) is 27.5 Å². The molecule has 1 aromatic rings. The maximum absolute atomic E-state index is 11.6. The Bertz CT molecular complexity index is 443. The zero-order valence-corrected chi connectivity index (χ0v) is 12.6. The van der Waals surface area contributed by atoms with E-state index >= 15 is 0 Å². The van der Waals surface area contributed by atoms with Gasteiger partial charge in [-0.05, 0) is 21.8 Å². The first-order chi connectivity index (χ1) is 8.51. The van der Waals surface area contributed by atoms with E-state index in [1.807, 2.05) is 0 Å². The third-order valence-corrected chi connectivity index (χ3v) is 3.94. The molecule has 102 valence electrons. The topological polar surface area (TPSA) is 67.2 Å². The fourth-order valence-corrected chi connectivity index (χ4v) is 2.35. The molecule has 0 aliphatic heterocycles. The number of nitrogens with one attached hydrogen (secondary N) is 1. The van der Waals surface area contributed by atoms with E-state index in [-0.39, 0.29) is 11.5 Å². The number of anilines is 1. The highest BCUT2D eigenvalue weighted by atomic mass is 79.9. The summed E-state index contributed by atoms with van der Waals surface area (Å²) in [6.07, 6.45) is 3.03. The summed E-state index contributed by atoms with van der Waals surface area (Å²) < 4.78 is 1.70. The third-order valence-electron chi connectivity index (χ3n) is 3.17. The molecular formula is C12H20BrN3O2. The van der Waals surface area contributed by atoms with Crippen LogP contribution in [0.2, 0.25) is 0 Å². The summed E-state index contributed by atoms with van der Waals surface area (Å²) in [5, 5.41) is 17.0. The van der Waals surface area contributed by atoms with Crippen LogP contribution in [0.15, 0.2) is 15.5 Å². The van der Waals surface area contributed by atoms with Gasteiger partial charge in [0.15, 0.2) is 0 Å². The van der Waals surface area contributed by atoms with Crippen molar-refractivity contribution in [1.29, 1.82) is 0 Å². The molecule has 1 atom stereocenters. The monoisotopic (exact) mass is 317 g/mol. The summed E-state index contributed by atoms with van der Waals surface area (Å²) in [4.78, 5) is 11.6. The zero-order valence-electron chi connectivity index (χ0n) is 11.0. The van der Waals surface area contributed by atoms with Gasteiger partial charge < -0.3 is 10.4 Å². The molecule has 1 aromatic heterocycles. The highest BCUT2D eigenvalue weighted by molar-refractivity contribution is 9.10. The van der Waals surface area contributed by atoms with E-state index in [1.165, 1.54) is 4.68 Å². The van der Waals surface area contributed by atoms with E-state index in [1.54, 1.807) is 13.2 Å². The lowest BCUT2D eigenvalue weighted by Gasteiger charge is -2.21. The fraction of sp³-hybridized carbons (Fsp3) is 0.667. The first kappa shape index (κ1) is 15.2. The van der Waals surface area contributed by atoms with Crippen molar-refractivity contribution in [1.82, 2.24) is 9.78 Å². The van der Waals surface area contributed by atoms with Crippen molar-refractivity contribution in [3.63, 3.8) is 0 Å². The van der Waals surface area contributed by atoms with E-state index in [4.69, 9.17) is 0 Å². The maximum Gasteiger partial charge on any atom is 0.282 e. The maximum atomic E-state index is 11.6. The minimum Gasteiger partial charge on any atom is -0.391 e. The molecule has 2 N–H and O–H groups in total. The molecule has 1 unspecified atom stereocenters. The molecule has 0 bridgehead atoms. The Morgan fingerprint density at radius 2 is 2.11 bits per heavy atom. The second-order valence-electron chi connectivity index (χ2n) is 4.33. The normalized spacial score (nSPS) is 12.8. The van der Waals surface area contributed by atoms with Gasteiger partial charge in [0.05, 0.1) is 18.0 Å². The Morgan fingerprint density at radius 3 is 2.67 bits per heavy atom. The van der Waals surface area contributed by atoms with Crippen LogP contribution in [0, 0.1) is 5.92 Å². The lowest BCUT2D eigenvalue weighted by molar-refractivity contribution is 0.114. The predicted octanol–water partition coefficient (Wildman–Crippen LogP) is 1.75. The molecule has 0 aliphatic carbocycles. The van der Waals surface area contributed by atoms with Crippen LogP contribution in [0.5, 0.6) is 0 Å². The van der Waals surface area contributed by atoms with Crippen LogP contribution in [-0.2, 0) is 7.05 Å². The average Bonchev–Trinajstić information content (AvgIpc) is 2.36. The molecule has 18 heavy (non-hydrogen) atoms. The van der Waals surface area contributed by atoms with Gasteiger partial charge in [0.2, 0.25) is 0 Å². The van der Waals surface area contributed by atoms with Crippen LogP contribution < -0.4 is 10.9 Å². The van der Waals surface area contributed by atoms with Crippen molar-refractivity contribution < 1.29 is 5.11 Å². The van der Waals surface area contributed by atoms with Gasteiger partial charge >= 0.3 is 0 Å². The summed E-state index contributed by atoms with van der Waals surface area (Å²) in [6, 6.07) is 0. The van der Waals surface area contributed by atoms with Gasteiger partial charge in [-0.25, -0.2) is 4.68 Å². The van der Waals surface area contributed by atoms with Crippen LogP contribution in [0.4, 0.5) is 5.69 Å². The summed E-state index contributed by atoms with van der Waals surface area (Å²) >= 11 is 3.23. The average molecular weight is 318 g/mol. The van der Waals surface area contributed by atoms with E-state index in [2.05, 4.69) is 40.2 Å². The Hall–Kier alpha value is -0.880. The van der Waals surface area contributed by atoms with Gasteiger partial charge in [-0.15, -0.1) is 0 Å². The number of hydrogen-bond donors (Lipinski definition) is 2. The number of nitrogens with zero attached hydrogens (tertiary/aromatic N) is 2. The zero-order chi connectivity index (χ0) is 13.7. The SMILES string of the molecule is CCC(CC)C(O)CNc1cnn(C)c(=O)c1Br. The minimum absolute atomic E-state index is 0.197. The molecular weight excluding hydrogens is 298 g/mol. The Morgan fingerprint density at radius 1 is 1.50 bits per heavy atom. The van der Waals surface area contributed by atoms with Crippen LogP contribution in [0.25, 0.3) is 0 Å². The lowest BCUT2D eigenvalue weighted by atomic mass is 9.96. The van der Waals surface area contributed by atoms with Crippen molar-refractivity contribution in [2.24, 2.45) is 13.0 Å². The third kappa shape index (κ3) is 3.55. The molecule has 0 saturated carbocycles. The molecule has 1 heterocycles. The molecule has 0 amide bonds. The number of aryl methyl sites for hydroxylation is 1. The van der Waals surface area contributed by atoms with Crippen LogP contribution in [0.3, 0.4) is 0 Å². The molecule has 0 aliphatic rings. The summed E-state index contributed by atoms with van der Waals surface area (Å²) in [5.41, 5.74) is 0.417. The van der Waals surface area contributed by atoms with Gasteiger partial charge in [-0.3, -0.25) is 4.79 Å². The van der Waals surface area contributed by atoms with Crippen molar-refractivity contribution in [2.75, 3.05) is 11.9 Å². The first-order valence-corrected chi connectivity index (χ1v) is 6.94. The van der Waals surface area contributed by atoms with Crippen molar-refractivity contribution in [3.8, 4) is 0 Å². The highest BCUT2D eigenvalue weighted by Crippen LogP contribution is 2.18. The highest BCUT2D eigenvalue weighted by Gasteiger charge is 2.16. The number of aromatic nitrogens is 2. The fourth-order valence-electron chi connectivity index (χ4n) is 1.85. The lowest BCUT2D eigenvalue weighted by Crippen LogP contribution is -2.29. The summed E-state index contributed by atoms with van der Waals surface area (Å²) in [5.74, 6) is 0.274. The number of halogens is 1. The largest absolute Gasteiger partial charge is 0.391 e. The standard InChI is InChI=1S/C12H20BrN3O2/c1-4-8(5-2)10(17)7-14-9-6-15-16(3)12(18)11(9)13/h6,8,10,14,17H,4-5,7H2,1-3H3. The first-order valence-electron chi connectivity index (χ1n) is 6.14. The van der Waals surface area contributed by atoms with Crippen molar-refractivity contribution >= 4 is 21.6 Å². The predicted molar refractivity (Wildman–Crippen MR) is 75.7 cm³/mol. The van der Waals surface area contributed by atoms with E-state index in [0.717, 1.165) is 12.8 Å².